The highest BCUT2D eigenvalue weighted by atomic mass is 32.1. The van der Waals surface area contributed by atoms with Gasteiger partial charge in [-0.15, -0.1) is 0 Å². The molecule has 0 saturated heterocycles. The van der Waals surface area contributed by atoms with Crippen molar-refractivity contribution in [3.63, 3.8) is 0 Å². The van der Waals surface area contributed by atoms with Crippen molar-refractivity contribution in [3.8, 4) is 5.75 Å². The van der Waals surface area contributed by atoms with Crippen molar-refractivity contribution in [1.29, 1.82) is 0 Å². The van der Waals surface area contributed by atoms with Crippen LogP contribution in [0.15, 0.2) is 29.4 Å². The maximum absolute atomic E-state index is 9.22. The molecule has 0 fully saturated rings. The summed E-state index contributed by atoms with van der Waals surface area (Å²) in [5.74, 6) is 0.215. The smallest absolute Gasteiger partial charge is 0.187 e. The molecule has 0 spiro atoms. The van der Waals surface area contributed by atoms with E-state index >= 15 is 0 Å². The maximum Gasteiger partial charge on any atom is 0.187 e. The van der Waals surface area contributed by atoms with Crippen LogP contribution in [-0.4, -0.2) is 22.5 Å². The Morgan fingerprint density at radius 1 is 1.50 bits per heavy atom. The molecule has 1 rings (SSSR count). The molecule has 0 aliphatic rings. The van der Waals surface area contributed by atoms with Gasteiger partial charge in [0.1, 0.15) is 5.75 Å². The van der Waals surface area contributed by atoms with E-state index in [1.807, 2.05) is 19.9 Å². The summed E-state index contributed by atoms with van der Waals surface area (Å²) >= 11 is 4.99. The number of hydrazone groups is 1. The third-order valence-corrected chi connectivity index (χ3v) is 1.88. The van der Waals surface area contributed by atoms with Crippen LogP contribution in [0.25, 0.3) is 0 Å². The molecule has 0 aromatic heterocycles. The van der Waals surface area contributed by atoms with Crippen LogP contribution in [0.2, 0.25) is 0 Å². The highest BCUT2D eigenvalue weighted by Crippen LogP contribution is 2.08. The molecule has 0 heterocycles. The minimum Gasteiger partial charge on any atom is -0.508 e. The summed E-state index contributed by atoms with van der Waals surface area (Å²) in [5, 5.41) is 16.6. The number of aromatic hydroxyl groups is 1. The molecular formula is C11H15N3OS. The maximum atomic E-state index is 9.22. The Hall–Kier alpha value is -1.62. The first kappa shape index (κ1) is 12.4. The molecule has 0 bridgehead atoms. The molecule has 4 nitrogen and oxygen atoms in total. The van der Waals surface area contributed by atoms with Crippen LogP contribution in [0.3, 0.4) is 0 Å². The average molecular weight is 237 g/mol. The van der Waals surface area contributed by atoms with Crippen molar-refractivity contribution in [2.24, 2.45) is 5.10 Å². The van der Waals surface area contributed by atoms with E-state index in [0.717, 1.165) is 5.56 Å². The van der Waals surface area contributed by atoms with Crippen molar-refractivity contribution in [1.82, 2.24) is 10.7 Å². The van der Waals surface area contributed by atoms with Gasteiger partial charge >= 0.3 is 0 Å². The summed E-state index contributed by atoms with van der Waals surface area (Å²) in [6.45, 7) is 3.99. The SMILES string of the molecule is CC(C)NC(=S)N/N=C/c1cccc(O)c1. The fourth-order valence-electron chi connectivity index (χ4n) is 1.07. The van der Waals surface area contributed by atoms with E-state index in [-0.39, 0.29) is 11.8 Å². The molecule has 1 aromatic rings. The van der Waals surface area contributed by atoms with Crippen LogP contribution in [0, 0.1) is 0 Å². The summed E-state index contributed by atoms with van der Waals surface area (Å²) in [7, 11) is 0. The first-order valence-electron chi connectivity index (χ1n) is 4.96. The lowest BCUT2D eigenvalue weighted by Crippen LogP contribution is -2.36. The second-order valence-corrected chi connectivity index (χ2v) is 4.00. The first-order chi connectivity index (χ1) is 7.58. The molecule has 0 amide bonds. The van der Waals surface area contributed by atoms with Crippen molar-refractivity contribution in [3.05, 3.63) is 29.8 Å². The largest absolute Gasteiger partial charge is 0.508 e. The second-order valence-electron chi connectivity index (χ2n) is 3.59. The Morgan fingerprint density at radius 3 is 2.88 bits per heavy atom. The second kappa shape index (κ2) is 6.07. The number of nitrogens with zero attached hydrogens (tertiary/aromatic N) is 1. The fourth-order valence-corrected chi connectivity index (χ4v) is 1.35. The fraction of sp³-hybridized carbons (Fsp3) is 0.273. The monoisotopic (exact) mass is 237 g/mol. The van der Waals surface area contributed by atoms with Crippen molar-refractivity contribution < 1.29 is 5.11 Å². The Bertz CT molecular complexity index is 391. The zero-order chi connectivity index (χ0) is 12.0. The quantitative estimate of drug-likeness (QED) is 0.424. The topological polar surface area (TPSA) is 56.7 Å². The molecule has 0 radical (unpaired) electrons. The molecular weight excluding hydrogens is 222 g/mol. The van der Waals surface area contributed by atoms with E-state index in [4.69, 9.17) is 12.2 Å². The summed E-state index contributed by atoms with van der Waals surface area (Å²) in [4.78, 5) is 0. The zero-order valence-electron chi connectivity index (χ0n) is 9.27. The van der Waals surface area contributed by atoms with Gasteiger partial charge in [-0.05, 0) is 43.8 Å². The summed E-state index contributed by atoms with van der Waals surface area (Å²) < 4.78 is 0. The van der Waals surface area contributed by atoms with Gasteiger partial charge in [0.2, 0.25) is 0 Å². The lowest BCUT2D eigenvalue weighted by molar-refractivity contribution is 0.475. The van der Waals surface area contributed by atoms with Crippen LogP contribution in [-0.2, 0) is 0 Å². The third-order valence-electron chi connectivity index (χ3n) is 1.67. The van der Waals surface area contributed by atoms with E-state index in [0.29, 0.717) is 5.11 Å². The Balaban J connectivity index is 2.46. The van der Waals surface area contributed by atoms with Crippen LogP contribution in [0.5, 0.6) is 5.75 Å². The van der Waals surface area contributed by atoms with Crippen LogP contribution >= 0.6 is 12.2 Å². The van der Waals surface area contributed by atoms with E-state index in [9.17, 15) is 5.11 Å². The van der Waals surface area contributed by atoms with E-state index in [1.54, 1.807) is 24.4 Å². The third kappa shape index (κ3) is 4.75. The van der Waals surface area contributed by atoms with Gasteiger partial charge in [-0.2, -0.15) is 5.10 Å². The molecule has 5 heteroatoms. The van der Waals surface area contributed by atoms with Gasteiger partial charge in [0, 0.05) is 6.04 Å². The van der Waals surface area contributed by atoms with E-state index in [2.05, 4.69) is 15.8 Å². The molecule has 0 atom stereocenters. The molecule has 0 saturated carbocycles. The van der Waals surface area contributed by atoms with Crippen LogP contribution in [0.4, 0.5) is 0 Å². The molecule has 16 heavy (non-hydrogen) atoms. The predicted octanol–water partition coefficient (Wildman–Crippen LogP) is 1.60. The van der Waals surface area contributed by atoms with E-state index in [1.165, 1.54) is 0 Å². The Labute approximate surface area is 100 Å². The van der Waals surface area contributed by atoms with Gasteiger partial charge in [-0.25, -0.2) is 0 Å². The normalized spacial score (nSPS) is 10.7. The van der Waals surface area contributed by atoms with Gasteiger partial charge in [0.25, 0.3) is 0 Å². The molecule has 3 N–H and O–H groups in total. The predicted molar refractivity (Wildman–Crippen MR) is 69.7 cm³/mol. The summed E-state index contributed by atoms with van der Waals surface area (Å²) in [6, 6.07) is 7.08. The van der Waals surface area contributed by atoms with E-state index < -0.39 is 0 Å². The summed E-state index contributed by atoms with van der Waals surface area (Å²) in [6.07, 6.45) is 1.59. The van der Waals surface area contributed by atoms with Gasteiger partial charge in [-0.3, -0.25) is 5.43 Å². The van der Waals surface area contributed by atoms with Crippen LogP contribution < -0.4 is 10.7 Å². The molecule has 0 aliphatic heterocycles. The van der Waals surface area contributed by atoms with Gasteiger partial charge in [0.15, 0.2) is 5.11 Å². The number of nitrogens with one attached hydrogen (secondary N) is 2. The minimum atomic E-state index is 0.215. The van der Waals surface area contributed by atoms with Gasteiger partial charge in [-0.1, -0.05) is 12.1 Å². The number of hydrogen-bond donors (Lipinski definition) is 3. The van der Waals surface area contributed by atoms with Crippen molar-refractivity contribution in [2.75, 3.05) is 0 Å². The minimum absolute atomic E-state index is 0.215. The van der Waals surface area contributed by atoms with Crippen molar-refractivity contribution >= 4 is 23.5 Å². The highest BCUT2D eigenvalue weighted by molar-refractivity contribution is 7.80. The van der Waals surface area contributed by atoms with Crippen LogP contribution in [0.1, 0.15) is 19.4 Å². The Morgan fingerprint density at radius 2 is 2.25 bits per heavy atom. The Kier molecular flexibility index (Phi) is 4.72. The lowest BCUT2D eigenvalue weighted by atomic mass is 10.2. The number of rotatable bonds is 3. The molecule has 86 valence electrons. The molecule has 1 aromatic carbocycles. The molecule has 0 aliphatic carbocycles. The average Bonchev–Trinajstić information content (AvgIpc) is 2.16. The van der Waals surface area contributed by atoms with Gasteiger partial charge < -0.3 is 10.4 Å². The highest BCUT2D eigenvalue weighted by Gasteiger charge is 1.95. The molecule has 0 unspecified atom stereocenters. The number of thiocarbonyl (C=S) groups is 1. The zero-order valence-corrected chi connectivity index (χ0v) is 10.1. The van der Waals surface area contributed by atoms with Gasteiger partial charge in [0.05, 0.1) is 6.21 Å². The number of phenols is 1. The standard InChI is InChI=1S/C11H15N3OS/c1-8(2)13-11(16)14-12-7-9-4-3-5-10(15)6-9/h3-8,15H,1-2H3,(H2,13,14,16)/b12-7+. The number of phenolic OH excluding ortho intramolecular Hbond substituents is 1. The number of benzene rings is 1. The number of hydrogen-bond acceptors (Lipinski definition) is 3. The summed E-state index contributed by atoms with van der Waals surface area (Å²) in [5.41, 5.74) is 3.50. The van der Waals surface area contributed by atoms with Crippen molar-refractivity contribution in [2.45, 2.75) is 19.9 Å². The first-order valence-corrected chi connectivity index (χ1v) is 5.37. The lowest BCUT2D eigenvalue weighted by Gasteiger charge is -2.09.